The Morgan fingerprint density at radius 1 is 0.364 bits per heavy atom. The average molecular weight is 703 g/mol. The number of furan rings is 1. The Bertz CT molecular complexity index is 3260. The molecule has 9 aromatic carbocycles. The van der Waals surface area contributed by atoms with E-state index in [1.807, 2.05) is 0 Å². The van der Waals surface area contributed by atoms with E-state index in [-0.39, 0.29) is 10.8 Å². The summed E-state index contributed by atoms with van der Waals surface area (Å²) in [7, 11) is 0. The molecule has 0 bridgehead atoms. The number of fused-ring (bicyclic) bond motifs is 15. The molecule has 0 atom stereocenters. The molecular formula is C54H38O. The average Bonchev–Trinajstić information content (AvgIpc) is 3.79. The van der Waals surface area contributed by atoms with Crippen LogP contribution in [0.1, 0.15) is 49.9 Å². The molecule has 12 rings (SSSR count). The van der Waals surface area contributed by atoms with Crippen LogP contribution in [0.15, 0.2) is 162 Å². The molecule has 10 aromatic rings. The maximum Gasteiger partial charge on any atom is 0.140 e. The maximum absolute atomic E-state index is 6.81. The Kier molecular flexibility index (Phi) is 5.98. The number of para-hydroxylation sites is 1. The summed E-state index contributed by atoms with van der Waals surface area (Å²) < 4.78 is 6.81. The molecular weight excluding hydrogens is 665 g/mol. The Morgan fingerprint density at radius 2 is 0.855 bits per heavy atom. The summed E-state index contributed by atoms with van der Waals surface area (Å²) in [5, 5.41) is 10.0. The molecule has 1 heterocycles. The van der Waals surface area contributed by atoms with Crippen LogP contribution < -0.4 is 0 Å². The lowest BCUT2D eigenvalue weighted by Crippen LogP contribution is -2.15. The monoisotopic (exact) mass is 702 g/mol. The molecule has 0 saturated carbocycles. The van der Waals surface area contributed by atoms with Gasteiger partial charge in [-0.3, -0.25) is 0 Å². The van der Waals surface area contributed by atoms with Gasteiger partial charge in [-0.1, -0.05) is 167 Å². The summed E-state index contributed by atoms with van der Waals surface area (Å²) in [6, 6.07) is 58.9. The van der Waals surface area contributed by atoms with Crippen molar-refractivity contribution in [2.45, 2.75) is 38.5 Å². The highest BCUT2D eigenvalue weighted by molar-refractivity contribution is 6.26. The van der Waals surface area contributed by atoms with Crippen molar-refractivity contribution in [2.24, 2.45) is 0 Å². The first-order chi connectivity index (χ1) is 26.8. The van der Waals surface area contributed by atoms with Crippen molar-refractivity contribution < 1.29 is 4.42 Å². The fraction of sp³-hybridized carbons (Fsp3) is 0.111. The molecule has 1 nitrogen and oxygen atoms in total. The van der Waals surface area contributed by atoms with Gasteiger partial charge in [0.15, 0.2) is 0 Å². The molecule has 0 unspecified atom stereocenters. The van der Waals surface area contributed by atoms with E-state index in [0.29, 0.717) is 0 Å². The second-order valence-electron chi connectivity index (χ2n) is 16.8. The van der Waals surface area contributed by atoms with Gasteiger partial charge in [0.05, 0.1) is 0 Å². The maximum atomic E-state index is 6.81. The van der Waals surface area contributed by atoms with Crippen molar-refractivity contribution in [3.8, 4) is 44.5 Å². The third-order valence-corrected chi connectivity index (χ3v) is 13.2. The van der Waals surface area contributed by atoms with E-state index >= 15 is 0 Å². The number of hydrogen-bond acceptors (Lipinski definition) is 1. The molecule has 2 aliphatic carbocycles. The first-order valence-electron chi connectivity index (χ1n) is 19.5. The Balaban J connectivity index is 1.13. The van der Waals surface area contributed by atoms with Crippen LogP contribution in [0, 0.1) is 0 Å². The molecule has 0 amide bonds. The molecule has 0 saturated heterocycles. The minimum Gasteiger partial charge on any atom is -0.456 e. The third-order valence-electron chi connectivity index (χ3n) is 13.2. The SMILES string of the molecule is CC1(C)c2ccccc2-c2ccc(-c3c4ccccc4c(-c4ccc5c(c4)-c4c(c6oc7ccccc7c6c6ccccc46)C5(C)C)c4ccccc34)cc21. The van der Waals surface area contributed by atoms with Gasteiger partial charge in [-0.05, 0) is 112 Å². The fourth-order valence-electron chi connectivity index (χ4n) is 10.7. The molecule has 0 N–H and O–H groups in total. The topological polar surface area (TPSA) is 13.1 Å². The van der Waals surface area contributed by atoms with Crippen molar-refractivity contribution in [1.82, 2.24) is 0 Å². The highest BCUT2D eigenvalue weighted by Crippen LogP contribution is 2.57. The van der Waals surface area contributed by atoms with Gasteiger partial charge in [-0.15, -0.1) is 0 Å². The second-order valence-corrected chi connectivity index (χ2v) is 16.8. The molecule has 0 spiro atoms. The van der Waals surface area contributed by atoms with Crippen molar-refractivity contribution in [3.05, 3.63) is 180 Å². The molecule has 0 fully saturated rings. The molecule has 0 aliphatic heterocycles. The smallest absolute Gasteiger partial charge is 0.140 e. The Hall–Kier alpha value is -6.44. The van der Waals surface area contributed by atoms with E-state index in [4.69, 9.17) is 4.42 Å². The van der Waals surface area contributed by atoms with Crippen LogP contribution in [-0.4, -0.2) is 0 Å². The zero-order chi connectivity index (χ0) is 36.8. The van der Waals surface area contributed by atoms with Crippen LogP contribution >= 0.6 is 0 Å². The van der Waals surface area contributed by atoms with Gasteiger partial charge in [0.2, 0.25) is 0 Å². The first-order valence-corrected chi connectivity index (χ1v) is 19.5. The largest absolute Gasteiger partial charge is 0.456 e. The lowest BCUT2D eigenvalue weighted by molar-refractivity contribution is 0.620. The lowest BCUT2D eigenvalue weighted by Gasteiger charge is -2.23. The van der Waals surface area contributed by atoms with E-state index < -0.39 is 0 Å². The molecule has 55 heavy (non-hydrogen) atoms. The summed E-state index contributed by atoms with van der Waals surface area (Å²) in [6.07, 6.45) is 0. The zero-order valence-electron chi connectivity index (χ0n) is 31.4. The molecule has 1 heteroatoms. The Morgan fingerprint density at radius 3 is 1.53 bits per heavy atom. The fourth-order valence-corrected chi connectivity index (χ4v) is 10.7. The number of rotatable bonds is 2. The van der Waals surface area contributed by atoms with Crippen LogP contribution in [0.5, 0.6) is 0 Å². The van der Waals surface area contributed by atoms with Crippen LogP contribution in [-0.2, 0) is 10.8 Å². The van der Waals surface area contributed by atoms with Gasteiger partial charge in [0, 0.05) is 27.2 Å². The van der Waals surface area contributed by atoms with Crippen LogP contribution in [0.4, 0.5) is 0 Å². The lowest BCUT2D eigenvalue weighted by atomic mass is 9.80. The van der Waals surface area contributed by atoms with Gasteiger partial charge in [0.25, 0.3) is 0 Å². The standard InChI is InChI=1S/C54H38O/c1-53(2)43-23-13-11-15-33(43)34-27-25-32(30-45(34)53)48-37-18-7-5-16-35(37)47(36-17-6-8-19-38(36)48)31-26-28-44-42(29-31)49-39-20-9-10-21-40(39)50-41-22-12-14-24-46(41)55-52(50)51(49)54(44,3)4/h5-30H,1-4H3. The molecule has 0 radical (unpaired) electrons. The summed E-state index contributed by atoms with van der Waals surface area (Å²) in [6.45, 7) is 9.48. The van der Waals surface area contributed by atoms with Crippen LogP contribution in [0.3, 0.4) is 0 Å². The van der Waals surface area contributed by atoms with Gasteiger partial charge < -0.3 is 4.42 Å². The summed E-state index contributed by atoms with van der Waals surface area (Å²) >= 11 is 0. The minimum absolute atomic E-state index is 0.0694. The van der Waals surface area contributed by atoms with Crippen molar-refractivity contribution in [3.63, 3.8) is 0 Å². The van der Waals surface area contributed by atoms with Gasteiger partial charge >= 0.3 is 0 Å². The molecule has 260 valence electrons. The van der Waals surface area contributed by atoms with Crippen molar-refractivity contribution in [1.29, 1.82) is 0 Å². The van der Waals surface area contributed by atoms with Gasteiger partial charge in [-0.25, -0.2) is 0 Å². The molecule has 2 aliphatic rings. The van der Waals surface area contributed by atoms with Crippen molar-refractivity contribution >= 4 is 54.3 Å². The first kappa shape index (κ1) is 31.0. The summed E-state index contributed by atoms with van der Waals surface area (Å²) in [4.78, 5) is 0. The second kappa shape index (κ2) is 10.6. The highest BCUT2D eigenvalue weighted by atomic mass is 16.3. The highest BCUT2D eigenvalue weighted by Gasteiger charge is 2.41. The van der Waals surface area contributed by atoms with Gasteiger partial charge in [0.1, 0.15) is 11.2 Å². The third kappa shape index (κ3) is 3.93. The summed E-state index contributed by atoms with van der Waals surface area (Å²) in [5.74, 6) is 0. The molecule has 1 aromatic heterocycles. The minimum atomic E-state index is -0.242. The van der Waals surface area contributed by atoms with E-state index in [1.165, 1.54) is 110 Å². The van der Waals surface area contributed by atoms with E-state index in [1.54, 1.807) is 0 Å². The Labute approximate surface area is 320 Å². The zero-order valence-corrected chi connectivity index (χ0v) is 31.4. The number of benzene rings is 9. The quantitative estimate of drug-likeness (QED) is 0.163. The normalized spacial score (nSPS) is 14.8. The van der Waals surface area contributed by atoms with Crippen LogP contribution in [0.2, 0.25) is 0 Å². The van der Waals surface area contributed by atoms with Crippen LogP contribution in [0.25, 0.3) is 98.8 Å². The van der Waals surface area contributed by atoms with Crippen molar-refractivity contribution in [2.75, 3.05) is 0 Å². The predicted molar refractivity (Wildman–Crippen MR) is 232 cm³/mol. The summed E-state index contributed by atoms with van der Waals surface area (Å²) in [5.41, 5.74) is 17.5. The predicted octanol–water partition coefficient (Wildman–Crippen LogP) is 15.0. The number of hydrogen-bond donors (Lipinski definition) is 0. The van der Waals surface area contributed by atoms with E-state index in [2.05, 4.69) is 185 Å². The van der Waals surface area contributed by atoms with E-state index in [9.17, 15) is 0 Å². The van der Waals surface area contributed by atoms with Gasteiger partial charge in [-0.2, -0.15) is 0 Å². The van der Waals surface area contributed by atoms with E-state index in [0.717, 1.165) is 11.2 Å².